The van der Waals surface area contributed by atoms with Gasteiger partial charge in [0, 0.05) is 30.9 Å². The van der Waals surface area contributed by atoms with Crippen molar-refractivity contribution in [1.29, 1.82) is 0 Å². The molecule has 1 atom stereocenters. The Kier molecular flexibility index (Phi) is 3.98. The number of nitrogens with zero attached hydrogens (tertiary/aromatic N) is 3. The number of aromatic nitrogens is 2. The zero-order valence-electron chi connectivity index (χ0n) is 12.6. The van der Waals surface area contributed by atoms with E-state index in [1.54, 1.807) is 29.5 Å². The van der Waals surface area contributed by atoms with E-state index in [9.17, 15) is 9.59 Å². The molecule has 7 heteroatoms. The van der Waals surface area contributed by atoms with Crippen LogP contribution in [0.25, 0.3) is 0 Å². The molecular formula is C15H18N4O2S. The number of fused-ring (bicyclic) bond motifs is 1. The molecule has 3 heterocycles. The molecule has 6 nitrogen and oxygen atoms in total. The number of thiophene rings is 1. The molecule has 0 aliphatic carbocycles. The molecule has 2 amide bonds. The highest BCUT2D eigenvalue weighted by molar-refractivity contribution is 7.10. The first-order valence-electron chi connectivity index (χ1n) is 7.27. The second kappa shape index (κ2) is 5.92. The van der Waals surface area contributed by atoms with Crippen molar-refractivity contribution in [3.63, 3.8) is 0 Å². The fraction of sp³-hybridized carbons (Fsp3) is 0.400. The third-order valence-corrected chi connectivity index (χ3v) is 4.98. The molecule has 0 bridgehead atoms. The Bertz CT molecular complexity index is 752. The summed E-state index contributed by atoms with van der Waals surface area (Å²) in [5, 5.41) is 4.73. The maximum atomic E-state index is 12.6. The van der Waals surface area contributed by atoms with Crippen LogP contribution in [0, 0.1) is 0 Å². The predicted octanol–water partition coefficient (Wildman–Crippen LogP) is 2.38. The molecule has 0 saturated heterocycles. The van der Waals surface area contributed by atoms with Crippen molar-refractivity contribution in [2.75, 3.05) is 11.9 Å². The van der Waals surface area contributed by atoms with E-state index < -0.39 is 0 Å². The first-order valence-corrected chi connectivity index (χ1v) is 8.15. The number of amides is 2. The van der Waals surface area contributed by atoms with Crippen LogP contribution < -0.4 is 10.9 Å². The molecule has 1 N–H and O–H groups in total. The van der Waals surface area contributed by atoms with E-state index in [0.29, 0.717) is 6.54 Å². The maximum absolute atomic E-state index is 12.6. The van der Waals surface area contributed by atoms with Crippen LogP contribution in [-0.2, 0) is 13.5 Å². The number of hydrogen-bond donors (Lipinski definition) is 1. The van der Waals surface area contributed by atoms with Gasteiger partial charge < -0.3 is 9.47 Å². The average Bonchev–Trinajstić information content (AvgIpc) is 2.99. The first-order chi connectivity index (χ1) is 10.6. The number of carbonyl (C=O) groups is 1. The van der Waals surface area contributed by atoms with Gasteiger partial charge >= 0.3 is 6.03 Å². The molecule has 0 saturated carbocycles. The highest BCUT2D eigenvalue weighted by atomic mass is 32.1. The molecule has 0 fully saturated rings. The molecule has 22 heavy (non-hydrogen) atoms. The van der Waals surface area contributed by atoms with Crippen molar-refractivity contribution in [1.82, 2.24) is 14.5 Å². The van der Waals surface area contributed by atoms with Crippen LogP contribution >= 0.6 is 11.3 Å². The molecule has 1 aliphatic heterocycles. The van der Waals surface area contributed by atoms with Crippen LogP contribution in [-0.4, -0.2) is 27.0 Å². The summed E-state index contributed by atoms with van der Waals surface area (Å²) >= 11 is 1.74. The number of carbonyl (C=O) groups excluding carboxylic acids is 1. The van der Waals surface area contributed by atoms with Gasteiger partial charge in [0.2, 0.25) is 5.82 Å². The minimum Gasteiger partial charge on any atom is -0.317 e. The van der Waals surface area contributed by atoms with E-state index >= 15 is 0 Å². The zero-order chi connectivity index (χ0) is 15.7. The number of rotatable bonds is 2. The lowest BCUT2D eigenvalue weighted by Gasteiger charge is -2.35. The number of aryl methyl sites for hydroxylation is 1. The molecule has 3 rings (SSSR count). The Labute approximate surface area is 132 Å². The number of hydrogen-bond acceptors (Lipinski definition) is 4. The van der Waals surface area contributed by atoms with Gasteiger partial charge in [-0.05, 0) is 29.9 Å². The summed E-state index contributed by atoms with van der Waals surface area (Å²) in [6.07, 6.45) is 4.77. The standard InChI is InChI=1S/C15H18N4O2S/c1-3-11-10-5-9-22-12(10)4-7-19(11)15(21)17-13-14(20)18(2)8-6-16-13/h5-6,8-9,11H,3-4,7H2,1-2H3,(H,16,17,21). The van der Waals surface area contributed by atoms with Crippen LogP contribution in [0.3, 0.4) is 0 Å². The SMILES string of the molecule is CCC1c2ccsc2CCN1C(=O)Nc1nccn(C)c1=O. The Morgan fingerprint density at radius 3 is 3.14 bits per heavy atom. The monoisotopic (exact) mass is 318 g/mol. The van der Waals surface area contributed by atoms with E-state index in [4.69, 9.17) is 0 Å². The zero-order valence-corrected chi connectivity index (χ0v) is 13.4. The summed E-state index contributed by atoms with van der Waals surface area (Å²) in [4.78, 5) is 31.6. The lowest BCUT2D eigenvalue weighted by molar-refractivity contribution is 0.181. The largest absolute Gasteiger partial charge is 0.323 e. The molecule has 1 aliphatic rings. The van der Waals surface area contributed by atoms with Crippen molar-refractivity contribution in [2.24, 2.45) is 7.05 Å². The fourth-order valence-corrected chi connectivity index (χ4v) is 3.76. The molecule has 116 valence electrons. The molecule has 1 unspecified atom stereocenters. The Morgan fingerprint density at radius 2 is 2.36 bits per heavy atom. The summed E-state index contributed by atoms with van der Waals surface area (Å²) in [5.41, 5.74) is 0.917. The van der Waals surface area contributed by atoms with Gasteiger partial charge in [0.1, 0.15) is 0 Å². The molecular weight excluding hydrogens is 300 g/mol. The van der Waals surface area contributed by atoms with Gasteiger partial charge in [-0.25, -0.2) is 9.78 Å². The molecule has 0 radical (unpaired) electrons. The topological polar surface area (TPSA) is 67.2 Å². The summed E-state index contributed by atoms with van der Waals surface area (Å²) in [6.45, 7) is 2.72. The Morgan fingerprint density at radius 1 is 1.55 bits per heavy atom. The molecule has 0 aromatic carbocycles. The lowest BCUT2D eigenvalue weighted by Crippen LogP contribution is -2.43. The van der Waals surface area contributed by atoms with Gasteiger partial charge in [0.05, 0.1) is 6.04 Å². The smallest absolute Gasteiger partial charge is 0.317 e. The van der Waals surface area contributed by atoms with Crippen LogP contribution in [0.15, 0.2) is 28.6 Å². The van der Waals surface area contributed by atoms with E-state index in [0.717, 1.165) is 12.8 Å². The van der Waals surface area contributed by atoms with Crippen LogP contribution in [0.1, 0.15) is 29.8 Å². The van der Waals surface area contributed by atoms with E-state index in [2.05, 4.69) is 28.7 Å². The van der Waals surface area contributed by atoms with Crippen molar-refractivity contribution in [3.05, 3.63) is 44.6 Å². The maximum Gasteiger partial charge on any atom is 0.323 e. The summed E-state index contributed by atoms with van der Waals surface area (Å²) < 4.78 is 1.40. The van der Waals surface area contributed by atoms with Gasteiger partial charge in [-0.2, -0.15) is 0 Å². The Hall–Kier alpha value is -2.15. The average molecular weight is 318 g/mol. The van der Waals surface area contributed by atoms with Gasteiger partial charge in [0.15, 0.2) is 0 Å². The second-order valence-corrected chi connectivity index (χ2v) is 6.29. The quantitative estimate of drug-likeness (QED) is 0.924. The third-order valence-electron chi connectivity index (χ3n) is 3.98. The predicted molar refractivity (Wildman–Crippen MR) is 86.3 cm³/mol. The fourth-order valence-electron chi connectivity index (χ4n) is 2.84. The minimum absolute atomic E-state index is 0.0579. The molecule has 2 aromatic heterocycles. The van der Waals surface area contributed by atoms with Gasteiger partial charge in [-0.3, -0.25) is 10.1 Å². The second-order valence-electron chi connectivity index (χ2n) is 5.29. The van der Waals surface area contributed by atoms with Crippen molar-refractivity contribution >= 4 is 23.2 Å². The lowest BCUT2D eigenvalue weighted by atomic mass is 9.98. The van der Waals surface area contributed by atoms with Crippen LogP contribution in [0.2, 0.25) is 0 Å². The van der Waals surface area contributed by atoms with Crippen molar-refractivity contribution < 1.29 is 4.79 Å². The first kappa shape index (κ1) is 14.8. The highest BCUT2D eigenvalue weighted by Crippen LogP contribution is 2.35. The normalized spacial score (nSPS) is 17.2. The number of urea groups is 1. The molecule has 0 spiro atoms. The summed E-state index contributed by atoms with van der Waals surface area (Å²) in [5.74, 6) is 0.0703. The van der Waals surface area contributed by atoms with E-state index in [-0.39, 0.29) is 23.5 Å². The van der Waals surface area contributed by atoms with Crippen LogP contribution in [0.5, 0.6) is 0 Å². The van der Waals surface area contributed by atoms with Gasteiger partial charge in [0.25, 0.3) is 5.56 Å². The number of nitrogens with one attached hydrogen (secondary N) is 1. The van der Waals surface area contributed by atoms with Gasteiger partial charge in [-0.15, -0.1) is 11.3 Å². The minimum atomic E-state index is -0.308. The van der Waals surface area contributed by atoms with Gasteiger partial charge in [-0.1, -0.05) is 6.92 Å². The van der Waals surface area contributed by atoms with Crippen molar-refractivity contribution in [3.8, 4) is 0 Å². The number of anilines is 1. The van der Waals surface area contributed by atoms with E-state index in [1.807, 2.05) is 0 Å². The third kappa shape index (κ3) is 2.52. The summed E-state index contributed by atoms with van der Waals surface area (Å²) in [7, 11) is 1.63. The molecule has 2 aromatic rings. The summed E-state index contributed by atoms with van der Waals surface area (Å²) in [6, 6.07) is 1.88. The van der Waals surface area contributed by atoms with Crippen LogP contribution in [0.4, 0.5) is 10.6 Å². The van der Waals surface area contributed by atoms with Crippen molar-refractivity contribution in [2.45, 2.75) is 25.8 Å². The highest BCUT2D eigenvalue weighted by Gasteiger charge is 2.30. The Balaban J connectivity index is 1.83. The van der Waals surface area contributed by atoms with E-state index in [1.165, 1.54) is 21.2 Å².